The van der Waals surface area contributed by atoms with Crippen molar-refractivity contribution in [2.75, 3.05) is 29.9 Å². The second kappa shape index (κ2) is 8.20. The molecule has 0 bridgehead atoms. The molecule has 3 heterocycles. The first kappa shape index (κ1) is 21.1. The van der Waals surface area contributed by atoms with Crippen molar-refractivity contribution < 1.29 is 4.39 Å². The molecule has 6 nitrogen and oxygen atoms in total. The Morgan fingerprint density at radius 3 is 2.61 bits per heavy atom. The summed E-state index contributed by atoms with van der Waals surface area (Å²) in [6, 6.07) is 12.2. The molecule has 1 saturated heterocycles. The molecule has 1 fully saturated rings. The lowest BCUT2D eigenvalue weighted by molar-refractivity contribution is 0.371. The van der Waals surface area contributed by atoms with Gasteiger partial charge in [0.2, 0.25) is 0 Å². The van der Waals surface area contributed by atoms with Gasteiger partial charge in [-0.25, -0.2) is 9.37 Å². The summed E-state index contributed by atoms with van der Waals surface area (Å²) in [6.45, 7) is 3.46. The van der Waals surface area contributed by atoms with Crippen LogP contribution in [0.3, 0.4) is 0 Å². The van der Waals surface area contributed by atoms with Gasteiger partial charge in [0.1, 0.15) is 28.1 Å². The number of rotatable bonds is 3. The van der Waals surface area contributed by atoms with Gasteiger partial charge in [0.05, 0.1) is 11.2 Å². The van der Waals surface area contributed by atoms with Gasteiger partial charge >= 0.3 is 0 Å². The molecule has 0 saturated carbocycles. The van der Waals surface area contributed by atoms with Crippen molar-refractivity contribution in [3.63, 3.8) is 0 Å². The Hall–Kier alpha value is -3.11. The van der Waals surface area contributed by atoms with Crippen LogP contribution in [0.4, 0.5) is 15.8 Å². The molecule has 0 aliphatic carbocycles. The van der Waals surface area contributed by atoms with Gasteiger partial charge in [-0.2, -0.15) is 5.26 Å². The molecule has 1 aliphatic heterocycles. The molecular formula is C23H23ClFN5O. The highest BCUT2D eigenvalue weighted by Crippen LogP contribution is 2.33. The SMILES string of the molecule is C[C@@H]1CN(c2c(C#N)c(=O)n(C)c3ccc(Cl)nc23)CC[C@H]1N(C)c1ccc(F)cc1. The van der Waals surface area contributed by atoms with Gasteiger partial charge in [0.15, 0.2) is 0 Å². The summed E-state index contributed by atoms with van der Waals surface area (Å²) in [5.41, 5.74) is 2.45. The lowest BCUT2D eigenvalue weighted by atomic mass is 9.91. The maximum Gasteiger partial charge on any atom is 0.270 e. The minimum absolute atomic E-state index is 0.0855. The number of nitrogens with zero attached hydrogens (tertiary/aromatic N) is 5. The second-order valence-corrected chi connectivity index (χ2v) is 8.46. The van der Waals surface area contributed by atoms with Crippen molar-refractivity contribution in [2.45, 2.75) is 19.4 Å². The third kappa shape index (κ3) is 3.72. The second-order valence-electron chi connectivity index (χ2n) is 8.07. The van der Waals surface area contributed by atoms with Crippen molar-refractivity contribution >= 4 is 34.0 Å². The zero-order valence-corrected chi connectivity index (χ0v) is 18.4. The maximum atomic E-state index is 13.3. The van der Waals surface area contributed by atoms with E-state index >= 15 is 0 Å². The fraction of sp³-hybridized carbons (Fsp3) is 0.348. The molecule has 0 N–H and O–H groups in total. The van der Waals surface area contributed by atoms with Crippen molar-refractivity contribution in [2.24, 2.45) is 13.0 Å². The van der Waals surface area contributed by atoms with Crippen LogP contribution in [-0.4, -0.2) is 35.7 Å². The first-order valence-electron chi connectivity index (χ1n) is 10.1. The lowest BCUT2D eigenvalue weighted by Gasteiger charge is -2.43. The molecule has 160 valence electrons. The molecule has 4 rings (SSSR count). The summed E-state index contributed by atoms with van der Waals surface area (Å²) >= 11 is 6.16. The van der Waals surface area contributed by atoms with Crippen LogP contribution in [0, 0.1) is 23.1 Å². The molecule has 0 amide bonds. The Kier molecular flexibility index (Phi) is 5.59. The first-order chi connectivity index (χ1) is 14.8. The number of aromatic nitrogens is 2. The average molecular weight is 440 g/mol. The van der Waals surface area contributed by atoms with Gasteiger partial charge in [-0.15, -0.1) is 0 Å². The fourth-order valence-electron chi connectivity index (χ4n) is 4.56. The summed E-state index contributed by atoms with van der Waals surface area (Å²) in [5.74, 6) is -0.0265. The number of fused-ring (bicyclic) bond motifs is 1. The quantitative estimate of drug-likeness (QED) is 0.578. The molecule has 1 aromatic carbocycles. The van der Waals surface area contributed by atoms with Crippen LogP contribution in [0.25, 0.3) is 11.0 Å². The van der Waals surface area contributed by atoms with Crippen LogP contribution in [-0.2, 0) is 7.05 Å². The molecule has 0 spiro atoms. The van der Waals surface area contributed by atoms with E-state index in [1.807, 2.05) is 7.05 Å². The summed E-state index contributed by atoms with van der Waals surface area (Å²) in [4.78, 5) is 21.6. The average Bonchev–Trinajstić information content (AvgIpc) is 2.76. The summed E-state index contributed by atoms with van der Waals surface area (Å²) in [6.07, 6.45) is 0.817. The number of halogens is 2. The van der Waals surface area contributed by atoms with E-state index in [2.05, 4.69) is 27.8 Å². The topological polar surface area (TPSA) is 65.2 Å². The van der Waals surface area contributed by atoms with E-state index in [-0.39, 0.29) is 28.9 Å². The van der Waals surface area contributed by atoms with Gasteiger partial charge in [-0.3, -0.25) is 4.79 Å². The number of anilines is 2. The Labute approximate surface area is 185 Å². The predicted octanol–water partition coefficient (Wildman–Crippen LogP) is 3.95. The van der Waals surface area contributed by atoms with Crippen LogP contribution in [0.2, 0.25) is 5.15 Å². The third-order valence-electron chi connectivity index (χ3n) is 6.20. The van der Waals surface area contributed by atoms with Crippen LogP contribution in [0.1, 0.15) is 18.9 Å². The number of aryl methyl sites for hydroxylation is 1. The number of benzene rings is 1. The monoisotopic (exact) mass is 439 g/mol. The summed E-state index contributed by atoms with van der Waals surface area (Å²) < 4.78 is 14.7. The lowest BCUT2D eigenvalue weighted by Crippen LogP contribution is -2.49. The molecule has 0 radical (unpaired) electrons. The van der Waals surface area contributed by atoms with Gasteiger partial charge in [0.25, 0.3) is 5.56 Å². The Bertz CT molecular complexity index is 1230. The number of nitriles is 1. The molecular weight excluding hydrogens is 417 g/mol. The zero-order valence-electron chi connectivity index (χ0n) is 17.6. The van der Waals surface area contributed by atoms with Crippen molar-refractivity contribution in [3.05, 3.63) is 63.3 Å². The highest BCUT2D eigenvalue weighted by Gasteiger charge is 2.32. The normalized spacial score (nSPS) is 18.8. The Morgan fingerprint density at radius 1 is 1.26 bits per heavy atom. The van der Waals surface area contributed by atoms with E-state index in [1.165, 1.54) is 16.7 Å². The largest absolute Gasteiger partial charge is 0.371 e. The van der Waals surface area contributed by atoms with E-state index < -0.39 is 0 Å². The van der Waals surface area contributed by atoms with Crippen LogP contribution >= 0.6 is 11.6 Å². The van der Waals surface area contributed by atoms with Crippen molar-refractivity contribution in [1.29, 1.82) is 5.26 Å². The maximum absolute atomic E-state index is 13.3. The van der Waals surface area contributed by atoms with Crippen LogP contribution < -0.4 is 15.4 Å². The standard InChI is InChI=1S/C23H23ClFN5O/c1-14-13-30(11-10-18(14)28(2)16-6-4-15(25)5-7-16)22-17(12-26)23(31)29(3)19-8-9-20(24)27-21(19)22/h4-9,14,18H,10-11,13H2,1-3H3/t14-,18-/m1/s1. The van der Waals surface area contributed by atoms with Crippen LogP contribution in [0.5, 0.6) is 0 Å². The highest BCUT2D eigenvalue weighted by molar-refractivity contribution is 6.29. The van der Waals surface area contributed by atoms with Gasteiger partial charge in [-0.05, 0) is 48.7 Å². The first-order valence-corrected chi connectivity index (χ1v) is 10.5. The molecule has 8 heteroatoms. The van der Waals surface area contributed by atoms with Gasteiger partial charge in [0, 0.05) is 38.9 Å². The number of piperidine rings is 1. The molecule has 31 heavy (non-hydrogen) atoms. The Balaban J connectivity index is 1.70. The summed E-state index contributed by atoms with van der Waals surface area (Å²) in [5, 5.41) is 10.1. The third-order valence-corrected chi connectivity index (χ3v) is 6.41. The Morgan fingerprint density at radius 2 is 1.97 bits per heavy atom. The van der Waals surface area contributed by atoms with E-state index in [0.717, 1.165) is 12.1 Å². The van der Waals surface area contributed by atoms with Gasteiger partial charge in [-0.1, -0.05) is 18.5 Å². The number of hydrogen-bond donors (Lipinski definition) is 0. The summed E-state index contributed by atoms with van der Waals surface area (Å²) in [7, 11) is 3.65. The smallest absolute Gasteiger partial charge is 0.270 e. The number of pyridine rings is 2. The van der Waals surface area contributed by atoms with E-state index in [9.17, 15) is 14.4 Å². The highest BCUT2D eigenvalue weighted by atomic mass is 35.5. The van der Waals surface area contributed by atoms with Crippen molar-refractivity contribution in [1.82, 2.24) is 9.55 Å². The molecule has 2 aromatic heterocycles. The predicted molar refractivity (Wildman–Crippen MR) is 121 cm³/mol. The minimum atomic E-state index is -0.340. The molecule has 0 unspecified atom stereocenters. The number of hydrogen-bond acceptors (Lipinski definition) is 5. The molecule has 3 aromatic rings. The van der Waals surface area contributed by atoms with E-state index in [0.29, 0.717) is 35.0 Å². The zero-order chi connectivity index (χ0) is 22.3. The fourth-order valence-corrected chi connectivity index (χ4v) is 4.71. The van der Waals surface area contributed by atoms with Crippen LogP contribution in [0.15, 0.2) is 41.2 Å². The van der Waals surface area contributed by atoms with E-state index in [4.69, 9.17) is 11.6 Å². The van der Waals surface area contributed by atoms with Gasteiger partial charge < -0.3 is 14.4 Å². The van der Waals surface area contributed by atoms with E-state index in [1.54, 1.807) is 31.3 Å². The molecule has 1 aliphatic rings. The minimum Gasteiger partial charge on any atom is -0.371 e. The van der Waals surface area contributed by atoms with Crippen molar-refractivity contribution in [3.8, 4) is 6.07 Å². The molecule has 2 atom stereocenters.